The van der Waals surface area contributed by atoms with Gasteiger partial charge in [0.25, 0.3) is 5.91 Å². The van der Waals surface area contributed by atoms with Crippen molar-refractivity contribution >= 4 is 17.7 Å². The number of nitrogens with one attached hydrogen (secondary N) is 1. The standard InChI is InChI=1S/C29H31N5O4/c1-29(2)16-33(14-18-3-5-19(6-4-18)26-30-17-38-32-26)12-11-23(29)20-7-8-22-21(13-20)15-34(28(22)37)24-9-10-25(35)31-27(24)36/h3-8,13,17,23-24H,9-12,14-16H2,1-2H3,(H,31,35,36). The highest BCUT2D eigenvalue weighted by Gasteiger charge is 2.41. The van der Waals surface area contributed by atoms with E-state index < -0.39 is 6.04 Å². The summed E-state index contributed by atoms with van der Waals surface area (Å²) in [5.41, 5.74) is 5.11. The second-order valence-corrected chi connectivity index (χ2v) is 11.3. The van der Waals surface area contributed by atoms with Gasteiger partial charge >= 0.3 is 0 Å². The number of hydrogen-bond acceptors (Lipinski definition) is 7. The van der Waals surface area contributed by atoms with Gasteiger partial charge in [0, 0.05) is 37.2 Å². The summed E-state index contributed by atoms with van der Waals surface area (Å²) in [6.45, 7) is 7.87. The van der Waals surface area contributed by atoms with Crippen LogP contribution in [-0.4, -0.2) is 56.8 Å². The summed E-state index contributed by atoms with van der Waals surface area (Å²) in [5, 5.41) is 6.27. The van der Waals surface area contributed by atoms with Crippen LogP contribution in [0.25, 0.3) is 11.4 Å². The van der Waals surface area contributed by atoms with Crippen LogP contribution in [0, 0.1) is 5.41 Å². The molecule has 0 spiro atoms. The molecular formula is C29H31N5O4. The maximum Gasteiger partial charge on any atom is 0.255 e. The lowest BCUT2D eigenvalue weighted by molar-refractivity contribution is -0.136. The first kappa shape index (κ1) is 24.5. The van der Waals surface area contributed by atoms with Crippen LogP contribution in [0.1, 0.15) is 66.1 Å². The molecule has 1 N–H and O–H groups in total. The molecule has 196 valence electrons. The van der Waals surface area contributed by atoms with Crippen molar-refractivity contribution in [3.63, 3.8) is 0 Å². The number of piperidine rings is 2. The third-order valence-corrected chi connectivity index (χ3v) is 8.24. The molecule has 4 heterocycles. The van der Waals surface area contributed by atoms with Crippen molar-refractivity contribution in [2.75, 3.05) is 13.1 Å². The highest BCUT2D eigenvalue weighted by molar-refractivity contribution is 6.05. The predicted octanol–water partition coefficient (Wildman–Crippen LogP) is 3.51. The zero-order valence-corrected chi connectivity index (χ0v) is 21.6. The van der Waals surface area contributed by atoms with Crippen molar-refractivity contribution in [1.29, 1.82) is 0 Å². The highest BCUT2D eigenvalue weighted by atomic mass is 16.5. The first-order valence-electron chi connectivity index (χ1n) is 13.1. The van der Waals surface area contributed by atoms with E-state index in [2.05, 4.69) is 58.5 Å². The van der Waals surface area contributed by atoms with Crippen molar-refractivity contribution < 1.29 is 18.9 Å². The third-order valence-electron chi connectivity index (χ3n) is 8.24. The van der Waals surface area contributed by atoms with E-state index in [1.807, 2.05) is 18.2 Å². The summed E-state index contributed by atoms with van der Waals surface area (Å²) in [6.07, 6.45) is 3.00. The minimum absolute atomic E-state index is 0.0446. The third kappa shape index (κ3) is 4.51. The van der Waals surface area contributed by atoms with Crippen molar-refractivity contribution in [1.82, 2.24) is 25.3 Å². The molecule has 0 aliphatic carbocycles. The Morgan fingerprint density at radius 1 is 1.08 bits per heavy atom. The summed E-state index contributed by atoms with van der Waals surface area (Å²) >= 11 is 0. The molecule has 0 bridgehead atoms. The number of likely N-dealkylation sites (tertiary alicyclic amines) is 1. The van der Waals surface area contributed by atoms with E-state index >= 15 is 0 Å². The second kappa shape index (κ2) is 9.47. The Kier molecular flexibility index (Phi) is 6.10. The molecule has 9 nitrogen and oxygen atoms in total. The van der Waals surface area contributed by atoms with Crippen molar-refractivity contribution in [3.05, 3.63) is 71.1 Å². The summed E-state index contributed by atoms with van der Waals surface area (Å²) < 4.78 is 4.85. The number of rotatable bonds is 5. The van der Waals surface area contributed by atoms with Crippen molar-refractivity contribution in [2.24, 2.45) is 5.41 Å². The van der Waals surface area contributed by atoms with Crippen LogP contribution in [0.4, 0.5) is 0 Å². The van der Waals surface area contributed by atoms with Gasteiger partial charge in [0.05, 0.1) is 0 Å². The van der Waals surface area contributed by atoms with Gasteiger partial charge in [0.1, 0.15) is 6.04 Å². The molecule has 1 aromatic heterocycles. The SMILES string of the molecule is CC1(C)CN(Cc2ccc(-c3ncon3)cc2)CCC1c1ccc2c(c1)CN(C1CCC(=O)NC1=O)C2=O. The van der Waals surface area contributed by atoms with Crippen LogP contribution in [0.2, 0.25) is 0 Å². The average molecular weight is 514 g/mol. The molecular weight excluding hydrogens is 482 g/mol. The lowest BCUT2D eigenvalue weighted by Crippen LogP contribution is -2.52. The lowest BCUT2D eigenvalue weighted by Gasteiger charge is -2.45. The Hall–Kier alpha value is -3.85. The number of nitrogens with zero attached hydrogens (tertiary/aromatic N) is 4. The summed E-state index contributed by atoms with van der Waals surface area (Å²) in [5.74, 6) is 0.187. The normalized spacial score (nSPS) is 23.4. The molecule has 3 aliphatic heterocycles. The van der Waals surface area contributed by atoms with E-state index in [9.17, 15) is 14.4 Å². The molecule has 38 heavy (non-hydrogen) atoms. The van der Waals surface area contributed by atoms with Crippen LogP contribution in [0.3, 0.4) is 0 Å². The largest absolute Gasteiger partial charge is 0.342 e. The molecule has 2 atom stereocenters. The number of imide groups is 1. The topological polar surface area (TPSA) is 109 Å². The van der Waals surface area contributed by atoms with Crippen LogP contribution in [0.15, 0.2) is 53.4 Å². The van der Waals surface area contributed by atoms with Gasteiger partial charge in [-0.25, -0.2) is 0 Å². The van der Waals surface area contributed by atoms with Gasteiger partial charge < -0.3 is 9.42 Å². The fourth-order valence-corrected chi connectivity index (χ4v) is 6.35. The maximum atomic E-state index is 13.1. The first-order valence-corrected chi connectivity index (χ1v) is 13.1. The summed E-state index contributed by atoms with van der Waals surface area (Å²) in [6, 6.07) is 13.9. The number of amides is 3. The smallest absolute Gasteiger partial charge is 0.255 e. The van der Waals surface area contributed by atoms with E-state index in [1.54, 1.807) is 4.90 Å². The molecule has 2 unspecified atom stereocenters. The Balaban J connectivity index is 1.13. The van der Waals surface area contributed by atoms with Crippen molar-refractivity contribution in [2.45, 2.75) is 58.2 Å². The van der Waals surface area contributed by atoms with Gasteiger partial charge in [0.2, 0.25) is 24.0 Å². The van der Waals surface area contributed by atoms with E-state index in [1.165, 1.54) is 17.5 Å². The Morgan fingerprint density at radius 3 is 2.61 bits per heavy atom. The van der Waals surface area contributed by atoms with Gasteiger partial charge in [-0.05, 0) is 53.5 Å². The fraction of sp³-hybridized carbons (Fsp3) is 0.414. The lowest BCUT2D eigenvalue weighted by atomic mass is 9.70. The Bertz CT molecular complexity index is 1380. The quantitative estimate of drug-likeness (QED) is 0.520. The molecule has 0 saturated carbocycles. The predicted molar refractivity (Wildman–Crippen MR) is 139 cm³/mol. The average Bonchev–Trinajstić information content (AvgIpc) is 3.53. The number of benzene rings is 2. The van der Waals surface area contributed by atoms with Crippen LogP contribution in [0.5, 0.6) is 0 Å². The summed E-state index contributed by atoms with van der Waals surface area (Å²) in [4.78, 5) is 45.2. The zero-order chi connectivity index (χ0) is 26.4. The summed E-state index contributed by atoms with van der Waals surface area (Å²) in [7, 11) is 0. The van der Waals surface area contributed by atoms with Crippen LogP contribution < -0.4 is 5.32 Å². The van der Waals surface area contributed by atoms with E-state index in [0.717, 1.165) is 37.2 Å². The van der Waals surface area contributed by atoms with Gasteiger partial charge in [0.15, 0.2) is 0 Å². The Labute approximate surface area is 221 Å². The molecule has 2 aromatic carbocycles. The maximum absolute atomic E-state index is 13.1. The second-order valence-electron chi connectivity index (χ2n) is 11.3. The van der Waals surface area contributed by atoms with E-state index in [4.69, 9.17) is 4.52 Å². The molecule has 9 heteroatoms. The Morgan fingerprint density at radius 2 is 1.89 bits per heavy atom. The molecule has 2 saturated heterocycles. The van der Waals surface area contributed by atoms with Crippen molar-refractivity contribution in [3.8, 4) is 11.4 Å². The number of carbonyl (C=O) groups excluding carboxylic acids is 3. The number of carbonyl (C=O) groups is 3. The number of hydrogen-bond donors (Lipinski definition) is 1. The number of fused-ring (bicyclic) bond motifs is 1. The number of aromatic nitrogens is 2. The molecule has 3 amide bonds. The fourth-order valence-electron chi connectivity index (χ4n) is 6.35. The van der Waals surface area contributed by atoms with Crippen LogP contribution >= 0.6 is 0 Å². The molecule has 6 rings (SSSR count). The van der Waals surface area contributed by atoms with Crippen LogP contribution in [-0.2, 0) is 22.7 Å². The monoisotopic (exact) mass is 513 g/mol. The van der Waals surface area contributed by atoms with Gasteiger partial charge in [-0.3, -0.25) is 24.6 Å². The van der Waals surface area contributed by atoms with E-state index in [0.29, 0.717) is 30.3 Å². The van der Waals surface area contributed by atoms with Gasteiger partial charge in [-0.15, -0.1) is 0 Å². The zero-order valence-electron chi connectivity index (χ0n) is 21.6. The minimum atomic E-state index is -0.586. The minimum Gasteiger partial charge on any atom is -0.342 e. The highest BCUT2D eigenvalue weighted by Crippen LogP contribution is 2.43. The molecule has 3 aliphatic rings. The van der Waals surface area contributed by atoms with Gasteiger partial charge in [-0.1, -0.05) is 55.4 Å². The molecule has 0 radical (unpaired) electrons. The van der Waals surface area contributed by atoms with Gasteiger partial charge in [-0.2, -0.15) is 4.98 Å². The molecule has 3 aromatic rings. The molecule has 2 fully saturated rings. The first-order chi connectivity index (χ1) is 18.3. The van der Waals surface area contributed by atoms with E-state index in [-0.39, 0.29) is 29.6 Å².